The third-order valence-electron chi connectivity index (χ3n) is 3.77. The Balaban J connectivity index is 2.13. The molecule has 0 radical (unpaired) electrons. The molecule has 1 amide bonds. The molecule has 1 N–H and O–H groups in total. The number of hydrogen-bond acceptors (Lipinski definition) is 3. The van der Waals surface area contributed by atoms with Gasteiger partial charge in [0.25, 0.3) is 5.91 Å². The van der Waals surface area contributed by atoms with E-state index in [0.29, 0.717) is 12.1 Å². The van der Waals surface area contributed by atoms with E-state index in [9.17, 15) is 9.90 Å². The minimum Gasteiger partial charge on any atom is -0.396 e. The number of aliphatic hydroxyl groups excluding tert-OH is 1. The Hall–Kier alpha value is -1.68. The Morgan fingerprint density at radius 3 is 3.11 bits per heavy atom. The molecular weight excluding hydrogens is 240 g/mol. The highest BCUT2D eigenvalue weighted by Crippen LogP contribution is 2.33. The molecule has 1 aromatic heterocycles. The van der Waals surface area contributed by atoms with Crippen LogP contribution in [0.1, 0.15) is 29.6 Å². The number of aromatic nitrogens is 1. The largest absolute Gasteiger partial charge is 0.396 e. The van der Waals surface area contributed by atoms with Gasteiger partial charge < -0.3 is 10.0 Å². The van der Waals surface area contributed by atoms with Crippen LogP contribution >= 0.6 is 0 Å². The predicted molar refractivity (Wildman–Crippen MR) is 73.7 cm³/mol. The number of carbonyl (C=O) groups excluding carboxylic acids is 1. The van der Waals surface area contributed by atoms with Crippen molar-refractivity contribution in [1.82, 2.24) is 9.88 Å². The van der Waals surface area contributed by atoms with Crippen LogP contribution in [0.25, 0.3) is 0 Å². The van der Waals surface area contributed by atoms with Gasteiger partial charge in [-0.3, -0.25) is 9.78 Å². The smallest absolute Gasteiger partial charge is 0.255 e. The molecule has 4 nitrogen and oxygen atoms in total. The van der Waals surface area contributed by atoms with Crippen LogP contribution in [-0.2, 0) is 0 Å². The quantitative estimate of drug-likeness (QED) is 0.841. The van der Waals surface area contributed by atoms with Crippen LogP contribution in [-0.4, -0.2) is 40.6 Å². The van der Waals surface area contributed by atoms with Gasteiger partial charge in [-0.1, -0.05) is 6.08 Å². The Labute approximate surface area is 113 Å². The summed E-state index contributed by atoms with van der Waals surface area (Å²) < 4.78 is 0. The molecule has 0 unspecified atom stereocenters. The summed E-state index contributed by atoms with van der Waals surface area (Å²) in [5.74, 6) is -0.00492. The Morgan fingerprint density at radius 2 is 2.47 bits per heavy atom. The lowest BCUT2D eigenvalue weighted by atomic mass is 9.77. The van der Waals surface area contributed by atoms with Crippen LogP contribution in [0.15, 0.2) is 37.2 Å². The van der Waals surface area contributed by atoms with Gasteiger partial charge in [-0.15, -0.1) is 6.58 Å². The average molecular weight is 260 g/mol. The van der Waals surface area contributed by atoms with Crippen molar-refractivity contribution < 1.29 is 9.90 Å². The molecule has 0 bridgehead atoms. The molecule has 0 spiro atoms. The molecule has 1 aliphatic rings. The number of rotatable bonds is 4. The molecule has 102 valence electrons. The molecule has 1 atom stereocenters. The van der Waals surface area contributed by atoms with Gasteiger partial charge in [-0.2, -0.15) is 0 Å². The molecule has 1 aliphatic heterocycles. The average Bonchev–Trinajstić information content (AvgIpc) is 2.48. The third-order valence-corrected chi connectivity index (χ3v) is 3.77. The lowest BCUT2D eigenvalue weighted by Crippen LogP contribution is -2.47. The first-order valence-electron chi connectivity index (χ1n) is 6.62. The second-order valence-electron chi connectivity index (χ2n) is 5.22. The number of amides is 1. The SMILES string of the molecule is C=CC[C@]1(CO)CCCN(C(=O)c2cccnc2)C1. The highest BCUT2D eigenvalue weighted by atomic mass is 16.3. The summed E-state index contributed by atoms with van der Waals surface area (Å²) in [5.41, 5.74) is 0.382. The van der Waals surface area contributed by atoms with Crippen molar-refractivity contribution in [3.63, 3.8) is 0 Å². The molecule has 0 saturated carbocycles. The van der Waals surface area contributed by atoms with Crippen molar-refractivity contribution in [2.45, 2.75) is 19.3 Å². The number of likely N-dealkylation sites (tertiary alicyclic amines) is 1. The first kappa shape index (κ1) is 13.7. The molecule has 2 rings (SSSR count). The predicted octanol–water partition coefficient (Wildman–Crippen LogP) is 1.87. The van der Waals surface area contributed by atoms with E-state index in [1.807, 2.05) is 11.0 Å². The Kier molecular flexibility index (Phi) is 4.32. The minimum atomic E-state index is -0.224. The standard InChI is InChI=1S/C15H20N2O2/c1-2-6-15(12-18)7-4-9-17(11-15)14(19)13-5-3-8-16-10-13/h2-3,5,8,10,18H,1,4,6-7,9,11-12H2/t15-/m0/s1. The summed E-state index contributed by atoms with van der Waals surface area (Å²) in [4.78, 5) is 18.2. The molecule has 4 heteroatoms. The first-order chi connectivity index (χ1) is 9.21. The van der Waals surface area contributed by atoms with Gasteiger partial charge in [0.05, 0.1) is 12.2 Å². The van der Waals surface area contributed by atoms with E-state index in [0.717, 1.165) is 25.8 Å². The van der Waals surface area contributed by atoms with Crippen LogP contribution in [0, 0.1) is 5.41 Å². The number of nitrogens with zero attached hydrogens (tertiary/aromatic N) is 2. The Bertz CT molecular complexity index is 447. The summed E-state index contributed by atoms with van der Waals surface area (Å²) in [6.45, 7) is 5.17. The number of carbonyl (C=O) groups is 1. The number of hydrogen-bond donors (Lipinski definition) is 1. The monoisotopic (exact) mass is 260 g/mol. The molecule has 1 saturated heterocycles. The van der Waals surface area contributed by atoms with Crippen molar-refractivity contribution in [3.05, 3.63) is 42.7 Å². The fourth-order valence-corrected chi connectivity index (χ4v) is 2.72. The van der Waals surface area contributed by atoms with E-state index >= 15 is 0 Å². The maximum atomic E-state index is 12.4. The number of piperidine rings is 1. The van der Waals surface area contributed by atoms with Crippen molar-refractivity contribution in [1.29, 1.82) is 0 Å². The van der Waals surface area contributed by atoms with Crippen LogP contribution in [0.4, 0.5) is 0 Å². The molecule has 0 aliphatic carbocycles. The molecule has 1 fully saturated rings. The summed E-state index contributed by atoms with van der Waals surface area (Å²) in [7, 11) is 0. The topological polar surface area (TPSA) is 53.4 Å². The zero-order valence-corrected chi connectivity index (χ0v) is 11.1. The summed E-state index contributed by atoms with van der Waals surface area (Å²) in [6, 6.07) is 3.54. The van der Waals surface area contributed by atoms with Crippen molar-refractivity contribution in [2.24, 2.45) is 5.41 Å². The van der Waals surface area contributed by atoms with E-state index in [1.54, 1.807) is 24.5 Å². The molecule has 19 heavy (non-hydrogen) atoms. The minimum absolute atomic E-state index is 0.00492. The van der Waals surface area contributed by atoms with Crippen LogP contribution in [0.3, 0.4) is 0 Å². The second-order valence-corrected chi connectivity index (χ2v) is 5.22. The Morgan fingerprint density at radius 1 is 1.63 bits per heavy atom. The van der Waals surface area contributed by atoms with Gasteiger partial charge in [0.2, 0.25) is 0 Å². The van der Waals surface area contributed by atoms with Gasteiger partial charge in [0.15, 0.2) is 0 Å². The van der Waals surface area contributed by atoms with Crippen molar-refractivity contribution in [3.8, 4) is 0 Å². The highest BCUT2D eigenvalue weighted by molar-refractivity contribution is 5.93. The summed E-state index contributed by atoms with van der Waals surface area (Å²) >= 11 is 0. The number of pyridine rings is 1. The summed E-state index contributed by atoms with van der Waals surface area (Å²) in [5, 5.41) is 9.64. The van der Waals surface area contributed by atoms with E-state index < -0.39 is 0 Å². The van der Waals surface area contributed by atoms with E-state index in [4.69, 9.17) is 0 Å². The van der Waals surface area contributed by atoms with Gasteiger partial charge in [0, 0.05) is 30.9 Å². The number of allylic oxidation sites excluding steroid dienone is 1. The normalized spacial score (nSPS) is 23.1. The van der Waals surface area contributed by atoms with Gasteiger partial charge >= 0.3 is 0 Å². The molecular formula is C15H20N2O2. The maximum Gasteiger partial charge on any atom is 0.255 e. The lowest BCUT2D eigenvalue weighted by Gasteiger charge is -2.41. The van der Waals surface area contributed by atoms with E-state index in [2.05, 4.69) is 11.6 Å². The molecule has 0 aromatic carbocycles. The summed E-state index contributed by atoms with van der Waals surface area (Å²) in [6.07, 6.45) is 7.66. The molecule has 2 heterocycles. The second kappa shape index (κ2) is 5.97. The van der Waals surface area contributed by atoms with Gasteiger partial charge in [-0.05, 0) is 31.4 Å². The van der Waals surface area contributed by atoms with Gasteiger partial charge in [0.1, 0.15) is 0 Å². The van der Waals surface area contributed by atoms with Crippen molar-refractivity contribution in [2.75, 3.05) is 19.7 Å². The fourth-order valence-electron chi connectivity index (χ4n) is 2.72. The van der Waals surface area contributed by atoms with Crippen LogP contribution in [0.2, 0.25) is 0 Å². The molecule has 1 aromatic rings. The van der Waals surface area contributed by atoms with Gasteiger partial charge in [-0.25, -0.2) is 0 Å². The highest BCUT2D eigenvalue weighted by Gasteiger charge is 2.35. The fraction of sp³-hybridized carbons (Fsp3) is 0.467. The maximum absolute atomic E-state index is 12.4. The first-order valence-corrected chi connectivity index (χ1v) is 6.62. The third kappa shape index (κ3) is 3.01. The zero-order valence-electron chi connectivity index (χ0n) is 11.1. The lowest BCUT2D eigenvalue weighted by molar-refractivity contribution is 0.0285. The number of aliphatic hydroxyl groups is 1. The van der Waals surface area contributed by atoms with E-state index in [1.165, 1.54) is 0 Å². The van der Waals surface area contributed by atoms with Crippen LogP contribution in [0.5, 0.6) is 0 Å². The van der Waals surface area contributed by atoms with E-state index in [-0.39, 0.29) is 17.9 Å². The van der Waals surface area contributed by atoms with Crippen molar-refractivity contribution >= 4 is 5.91 Å². The zero-order chi connectivity index (χ0) is 13.7. The van der Waals surface area contributed by atoms with Crippen LogP contribution < -0.4 is 0 Å².